The lowest BCUT2D eigenvalue weighted by atomic mass is 10.1. The van der Waals surface area contributed by atoms with Crippen LogP contribution in [0.5, 0.6) is 23.0 Å². The predicted molar refractivity (Wildman–Crippen MR) is 103 cm³/mol. The number of methoxy groups -OCH3 is 3. The van der Waals surface area contributed by atoms with Gasteiger partial charge in [0.25, 0.3) is 0 Å². The Bertz CT molecular complexity index is 749. The van der Waals surface area contributed by atoms with Gasteiger partial charge in [-0.05, 0) is 29.8 Å². The first-order valence-corrected chi connectivity index (χ1v) is 8.77. The third-order valence-electron chi connectivity index (χ3n) is 3.58. The van der Waals surface area contributed by atoms with E-state index in [2.05, 4.69) is 0 Å². The van der Waals surface area contributed by atoms with E-state index in [0.717, 1.165) is 0 Å². The molecule has 0 bridgehead atoms. The van der Waals surface area contributed by atoms with Crippen molar-refractivity contribution in [2.75, 3.05) is 34.5 Å². The van der Waals surface area contributed by atoms with Crippen LogP contribution in [-0.2, 0) is 16.0 Å². The first kappa shape index (κ1) is 21.0. The molecule has 0 aliphatic heterocycles. The topological polar surface area (TPSA) is 63.2 Å². The van der Waals surface area contributed by atoms with Crippen LogP contribution < -0.4 is 18.9 Å². The second-order valence-corrected chi connectivity index (χ2v) is 6.14. The van der Waals surface area contributed by atoms with Gasteiger partial charge in [-0.2, -0.15) is 0 Å². The van der Waals surface area contributed by atoms with Crippen LogP contribution in [0.15, 0.2) is 30.3 Å². The molecule has 6 nitrogen and oxygen atoms in total. The molecule has 0 heterocycles. The summed E-state index contributed by atoms with van der Waals surface area (Å²) >= 11 is 12.0. The summed E-state index contributed by atoms with van der Waals surface area (Å²) in [5.74, 6) is 1.34. The van der Waals surface area contributed by atoms with E-state index in [1.54, 1.807) is 30.3 Å². The Morgan fingerprint density at radius 2 is 1.48 bits per heavy atom. The maximum absolute atomic E-state index is 12.1. The van der Waals surface area contributed by atoms with E-state index in [4.69, 9.17) is 46.9 Å². The number of para-hydroxylation sites is 1. The van der Waals surface area contributed by atoms with E-state index < -0.39 is 5.97 Å². The summed E-state index contributed by atoms with van der Waals surface area (Å²) in [7, 11) is 4.53. The summed E-state index contributed by atoms with van der Waals surface area (Å²) in [6.07, 6.45) is 0.0452. The van der Waals surface area contributed by atoms with Gasteiger partial charge in [-0.3, -0.25) is 4.79 Å². The summed E-state index contributed by atoms with van der Waals surface area (Å²) in [5, 5.41) is 0.789. The van der Waals surface area contributed by atoms with Gasteiger partial charge in [0, 0.05) is 0 Å². The summed E-state index contributed by atoms with van der Waals surface area (Å²) < 4.78 is 26.5. The molecule has 2 aromatic rings. The molecule has 0 spiro atoms. The number of rotatable bonds is 9. The molecule has 0 aliphatic rings. The number of esters is 1. The lowest BCUT2D eigenvalue weighted by Crippen LogP contribution is -2.14. The molecule has 2 rings (SSSR count). The van der Waals surface area contributed by atoms with Crippen LogP contribution in [0.2, 0.25) is 10.0 Å². The average Bonchev–Trinajstić information content (AvgIpc) is 2.66. The molecule has 8 heteroatoms. The standard InChI is InChI=1S/C19H20Cl2O6/c1-23-15-9-12(10-16(24-2)19(15)25-3)11-17(22)26-7-8-27-18-13(20)5-4-6-14(18)21/h4-6,9-10H,7-8,11H2,1-3H3. The van der Waals surface area contributed by atoms with Crippen molar-refractivity contribution in [2.24, 2.45) is 0 Å². The van der Waals surface area contributed by atoms with E-state index in [1.807, 2.05) is 0 Å². The summed E-state index contributed by atoms with van der Waals surface area (Å²) in [6.45, 7) is 0.190. The third kappa shape index (κ3) is 5.58. The van der Waals surface area contributed by atoms with Crippen molar-refractivity contribution in [2.45, 2.75) is 6.42 Å². The smallest absolute Gasteiger partial charge is 0.310 e. The van der Waals surface area contributed by atoms with Crippen molar-refractivity contribution in [3.63, 3.8) is 0 Å². The average molecular weight is 415 g/mol. The molecule has 0 radical (unpaired) electrons. The maximum atomic E-state index is 12.1. The first-order chi connectivity index (χ1) is 13.0. The molecule has 0 N–H and O–H groups in total. The van der Waals surface area contributed by atoms with Gasteiger partial charge >= 0.3 is 5.97 Å². The molecule has 27 heavy (non-hydrogen) atoms. The van der Waals surface area contributed by atoms with Gasteiger partial charge in [-0.25, -0.2) is 0 Å². The minimum atomic E-state index is -0.418. The monoisotopic (exact) mass is 414 g/mol. The quantitative estimate of drug-likeness (QED) is 0.452. The van der Waals surface area contributed by atoms with Gasteiger partial charge in [0.15, 0.2) is 17.2 Å². The summed E-state index contributed by atoms with van der Waals surface area (Å²) in [6, 6.07) is 8.44. The highest BCUT2D eigenvalue weighted by molar-refractivity contribution is 6.37. The number of carbonyl (C=O) groups excluding carboxylic acids is 1. The van der Waals surface area contributed by atoms with Crippen LogP contribution in [-0.4, -0.2) is 40.5 Å². The fraction of sp³-hybridized carbons (Fsp3) is 0.316. The van der Waals surface area contributed by atoms with Crippen molar-refractivity contribution in [3.05, 3.63) is 45.9 Å². The molecule has 0 aliphatic carbocycles. The van der Waals surface area contributed by atoms with Gasteiger partial charge < -0.3 is 23.7 Å². The van der Waals surface area contributed by atoms with E-state index in [1.165, 1.54) is 21.3 Å². The van der Waals surface area contributed by atoms with Gasteiger partial charge in [0.2, 0.25) is 5.75 Å². The van der Waals surface area contributed by atoms with Crippen molar-refractivity contribution in [1.29, 1.82) is 0 Å². The number of hydrogen-bond donors (Lipinski definition) is 0. The second kappa shape index (κ2) is 10.1. The van der Waals surface area contributed by atoms with Crippen LogP contribution >= 0.6 is 23.2 Å². The molecular formula is C19H20Cl2O6. The number of carbonyl (C=O) groups is 1. The molecule has 0 saturated carbocycles. The van der Waals surface area contributed by atoms with E-state index in [-0.39, 0.29) is 19.6 Å². The number of ether oxygens (including phenoxy) is 5. The maximum Gasteiger partial charge on any atom is 0.310 e. The van der Waals surface area contributed by atoms with Gasteiger partial charge in [0.1, 0.15) is 13.2 Å². The Labute approximate surface area is 167 Å². The highest BCUT2D eigenvalue weighted by Crippen LogP contribution is 2.38. The first-order valence-electron chi connectivity index (χ1n) is 8.01. The van der Waals surface area contributed by atoms with Crippen LogP contribution in [0, 0.1) is 0 Å². The molecule has 0 fully saturated rings. The molecular weight excluding hydrogens is 395 g/mol. The van der Waals surface area contributed by atoms with E-state index in [0.29, 0.717) is 38.6 Å². The van der Waals surface area contributed by atoms with Gasteiger partial charge in [0.05, 0.1) is 37.8 Å². The number of hydrogen-bond acceptors (Lipinski definition) is 6. The van der Waals surface area contributed by atoms with E-state index in [9.17, 15) is 4.79 Å². The zero-order chi connectivity index (χ0) is 19.8. The van der Waals surface area contributed by atoms with Crippen molar-refractivity contribution < 1.29 is 28.5 Å². The lowest BCUT2D eigenvalue weighted by Gasteiger charge is -2.14. The fourth-order valence-corrected chi connectivity index (χ4v) is 2.88. The zero-order valence-corrected chi connectivity index (χ0v) is 16.7. The SMILES string of the molecule is COc1cc(CC(=O)OCCOc2c(Cl)cccc2Cl)cc(OC)c1OC. The Hall–Kier alpha value is -2.31. The Morgan fingerprint density at radius 1 is 0.889 bits per heavy atom. The van der Waals surface area contributed by atoms with Gasteiger partial charge in [-0.15, -0.1) is 0 Å². The van der Waals surface area contributed by atoms with Crippen molar-refractivity contribution in [1.82, 2.24) is 0 Å². The molecule has 0 atom stereocenters. The lowest BCUT2D eigenvalue weighted by molar-refractivity contribution is -0.143. The minimum Gasteiger partial charge on any atom is -0.493 e. The van der Waals surface area contributed by atoms with Gasteiger partial charge in [-0.1, -0.05) is 29.3 Å². The third-order valence-corrected chi connectivity index (χ3v) is 4.18. The normalized spacial score (nSPS) is 10.3. The summed E-state index contributed by atoms with van der Waals surface area (Å²) in [5.41, 5.74) is 0.671. The van der Waals surface area contributed by atoms with Crippen LogP contribution in [0.3, 0.4) is 0 Å². The molecule has 2 aromatic carbocycles. The van der Waals surface area contributed by atoms with Crippen LogP contribution in [0.4, 0.5) is 0 Å². The fourth-order valence-electron chi connectivity index (χ4n) is 2.37. The Kier molecular flexibility index (Phi) is 7.88. The zero-order valence-electron chi connectivity index (χ0n) is 15.2. The van der Waals surface area contributed by atoms with Crippen LogP contribution in [0.1, 0.15) is 5.56 Å². The largest absolute Gasteiger partial charge is 0.493 e. The second-order valence-electron chi connectivity index (χ2n) is 5.33. The Morgan fingerprint density at radius 3 is 2.00 bits per heavy atom. The minimum absolute atomic E-state index is 0.0452. The molecule has 146 valence electrons. The van der Waals surface area contributed by atoms with Crippen molar-refractivity contribution in [3.8, 4) is 23.0 Å². The van der Waals surface area contributed by atoms with E-state index >= 15 is 0 Å². The Balaban J connectivity index is 1.90. The molecule has 0 amide bonds. The number of benzene rings is 2. The number of halogens is 2. The van der Waals surface area contributed by atoms with Crippen LogP contribution in [0.25, 0.3) is 0 Å². The summed E-state index contributed by atoms with van der Waals surface area (Å²) in [4.78, 5) is 12.1. The molecule has 0 saturated heterocycles. The molecule has 0 unspecified atom stereocenters. The highest BCUT2D eigenvalue weighted by Gasteiger charge is 2.15. The predicted octanol–water partition coefficient (Wildman–Crippen LogP) is 4.18. The van der Waals surface area contributed by atoms with Crippen molar-refractivity contribution >= 4 is 29.2 Å². The highest BCUT2D eigenvalue weighted by atomic mass is 35.5. The molecule has 0 aromatic heterocycles.